The van der Waals surface area contributed by atoms with Crippen LogP contribution in [0, 0.1) is 10.1 Å². The van der Waals surface area contributed by atoms with Crippen LogP contribution in [-0.4, -0.2) is 19.6 Å². The summed E-state index contributed by atoms with van der Waals surface area (Å²) in [6.45, 7) is -0.346. The fourth-order valence-electron chi connectivity index (χ4n) is 2.72. The van der Waals surface area contributed by atoms with Crippen molar-refractivity contribution in [1.82, 2.24) is 9.55 Å². The predicted octanol–water partition coefficient (Wildman–Crippen LogP) is 2.15. The number of fused-ring (bicyclic) bond motifs is 1. The molecular formula is C14H15N3O3. The van der Waals surface area contributed by atoms with Crippen LogP contribution in [0.25, 0.3) is 5.69 Å². The van der Waals surface area contributed by atoms with E-state index in [0.29, 0.717) is 5.56 Å². The molecule has 20 heavy (non-hydrogen) atoms. The van der Waals surface area contributed by atoms with Crippen LogP contribution in [0.1, 0.15) is 29.8 Å². The summed E-state index contributed by atoms with van der Waals surface area (Å²) in [5.41, 5.74) is 3.38. The largest absolute Gasteiger partial charge is 0.391 e. The van der Waals surface area contributed by atoms with Gasteiger partial charge in [-0.1, -0.05) is 0 Å². The molecule has 0 fully saturated rings. The van der Waals surface area contributed by atoms with Crippen molar-refractivity contribution in [2.75, 3.05) is 0 Å². The number of nitro benzene ring substituents is 1. The zero-order chi connectivity index (χ0) is 14.1. The number of aryl methyl sites for hydroxylation is 1. The smallest absolute Gasteiger partial charge is 0.275 e. The molecular weight excluding hydrogens is 258 g/mol. The summed E-state index contributed by atoms with van der Waals surface area (Å²) in [6.07, 6.45) is 6.02. The fourth-order valence-corrected chi connectivity index (χ4v) is 2.72. The molecule has 0 aliphatic heterocycles. The number of nitrogens with zero attached hydrogens (tertiary/aromatic N) is 3. The van der Waals surface area contributed by atoms with E-state index in [1.54, 1.807) is 18.5 Å². The molecule has 1 aromatic carbocycles. The van der Waals surface area contributed by atoms with Crippen LogP contribution < -0.4 is 0 Å². The molecule has 1 aliphatic carbocycles. The van der Waals surface area contributed by atoms with Gasteiger partial charge in [-0.25, -0.2) is 4.98 Å². The van der Waals surface area contributed by atoms with E-state index in [2.05, 4.69) is 4.98 Å². The highest BCUT2D eigenvalue weighted by molar-refractivity contribution is 5.49. The third-order valence-electron chi connectivity index (χ3n) is 3.74. The van der Waals surface area contributed by atoms with Crippen LogP contribution in [0.15, 0.2) is 24.5 Å². The highest BCUT2D eigenvalue weighted by Crippen LogP contribution is 2.26. The topological polar surface area (TPSA) is 81.2 Å². The number of imidazole rings is 1. The van der Waals surface area contributed by atoms with Gasteiger partial charge in [0, 0.05) is 17.4 Å². The maximum atomic E-state index is 10.9. The van der Waals surface area contributed by atoms with E-state index in [1.807, 2.05) is 4.57 Å². The third kappa shape index (κ3) is 2.08. The molecule has 0 spiro atoms. The molecule has 3 rings (SSSR count). The van der Waals surface area contributed by atoms with Crippen LogP contribution >= 0.6 is 0 Å². The zero-order valence-corrected chi connectivity index (χ0v) is 11.0. The number of benzene rings is 1. The van der Waals surface area contributed by atoms with E-state index in [-0.39, 0.29) is 12.3 Å². The van der Waals surface area contributed by atoms with Crippen LogP contribution in [0.2, 0.25) is 0 Å². The molecule has 0 amide bonds. The van der Waals surface area contributed by atoms with Crippen molar-refractivity contribution in [2.45, 2.75) is 32.3 Å². The molecule has 6 nitrogen and oxygen atoms in total. The second-order valence-corrected chi connectivity index (χ2v) is 4.94. The molecule has 0 saturated heterocycles. The summed E-state index contributed by atoms with van der Waals surface area (Å²) in [4.78, 5) is 14.8. The Balaban J connectivity index is 2.06. The molecule has 1 N–H and O–H groups in total. The van der Waals surface area contributed by atoms with Gasteiger partial charge < -0.3 is 9.67 Å². The van der Waals surface area contributed by atoms with Crippen LogP contribution in [0.4, 0.5) is 5.69 Å². The Morgan fingerprint density at radius 3 is 2.90 bits per heavy atom. The van der Waals surface area contributed by atoms with Gasteiger partial charge in [-0.2, -0.15) is 0 Å². The summed E-state index contributed by atoms with van der Waals surface area (Å²) in [6, 6.07) is 4.80. The van der Waals surface area contributed by atoms with Gasteiger partial charge in [0.05, 0.1) is 29.1 Å². The quantitative estimate of drug-likeness (QED) is 0.686. The van der Waals surface area contributed by atoms with E-state index in [9.17, 15) is 15.2 Å². The highest BCUT2D eigenvalue weighted by Gasteiger charge is 2.18. The van der Waals surface area contributed by atoms with Crippen molar-refractivity contribution in [3.8, 4) is 5.69 Å². The highest BCUT2D eigenvalue weighted by atomic mass is 16.6. The van der Waals surface area contributed by atoms with Gasteiger partial charge >= 0.3 is 0 Å². The Morgan fingerprint density at radius 1 is 1.35 bits per heavy atom. The molecule has 1 aliphatic rings. The average Bonchev–Trinajstić information content (AvgIpc) is 2.90. The molecule has 0 radical (unpaired) electrons. The monoisotopic (exact) mass is 273 g/mol. The van der Waals surface area contributed by atoms with Crippen LogP contribution in [0.5, 0.6) is 0 Å². The van der Waals surface area contributed by atoms with Crippen molar-refractivity contribution in [2.24, 2.45) is 0 Å². The lowest BCUT2D eigenvalue weighted by atomic mass is 10.0. The zero-order valence-electron chi connectivity index (χ0n) is 11.0. The molecule has 1 aromatic heterocycles. The fraction of sp³-hybridized carbons (Fsp3) is 0.357. The SMILES string of the molecule is O=[N+]([O-])c1ccc(-n2cnc3c2CCCC3)cc1CO. The molecule has 0 atom stereocenters. The number of rotatable bonds is 3. The average molecular weight is 273 g/mol. The molecule has 1 heterocycles. The van der Waals surface area contributed by atoms with Gasteiger partial charge in [0.1, 0.15) is 0 Å². The molecule has 6 heteroatoms. The summed E-state index contributed by atoms with van der Waals surface area (Å²) in [7, 11) is 0. The maximum Gasteiger partial charge on any atom is 0.275 e. The second-order valence-electron chi connectivity index (χ2n) is 4.94. The van der Waals surface area contributed by atoms with E-state index in [0.717, 1.165) is 37.1 Å². The minimum atomic E-state index is -0.474. The van der Waals surface area contributed by atoms with Gasteiger partial charge in [-0.05, 0) is 37.8 Å². The van der Waals surface area contributed by atoms with E-state index >= 15 is 0 Å². The van der Waals surface area contributed by atoms with Gasteiger partial charge in [-0.3, -0.25) is 10.1 Å². The number of nitro groups is 1. The normalized spacial score (nSPS) is 14.1. The summed E-state index contributed by atoms with van der Waals surface area (Å²) in [5, 5.41) is 20.2. The van der Waals surface area contributed by atoms with Gasteiger partial charge in [0.2, 0.25) is 0 Å². The first-order chi connectivity index (χ1) is 9.70. The Bertz CT molecular complexity index is 664. The Hall–Kier alpha value is -2.21. The number of aliphatic hydroxyl groups is 1. The van der Waals surface area contributed by atoms with Crippen molar-refractivity contribution in [1.29, 1.82) is 0 Å². The van der Waals surface area contributed by atoms with Gasteiger partial charge in [-0.15, -0.1) is 0 Å². The molecule has 2 aromatic rings. The van der Waals surface area contributed by atoms with Crippen molar-refractivity contribution in [3.05, 3.63) is 51.6 Å². The summed E-state index contributed by atoms with van der Waals surface area (Å²) >= 11 is 0. The van der Waals surface area contributed by atoms with Crippen molar-refractivity contribution >= 4 is 5.69 Å². The first-order valence-electron chi connectivity index (χ1n) is 6.64. The standard InChI is InChI=1S/C14H15N3O3/c18-8-10-7-11(5-6-13(10)17(19)20)16-9-15-12-3-1-2-4-14(12)16/h5-7,9,18H,1-4,8H2. The number of aromatic nitrogens is 2. The number of hydrogen-bond donors (Lipinski definition) is 1. The first kappa shape index (κ1) is 12.8. The first-order valence-corrected chi connectivity index (χ1v) is 6.64. The summed E-state index contributed by atoms with van der Waals surface area (Å²) < 4.78 is 1.97. The molecule has 0 bridgehead atoms. The predicted molar refractivity (Wildman–Crippen MR) is 72.8 cm³/mol. The minimum Gasteiger partial charge on any atom is -0.391 e. The maximum absolute atomic E-state index is 10.9. The Kier molecular flexibility index (Phi) is 3.23. The lowest BCUT2D eigenvalue weighted by Crippen LogP contribution is -2.07. The van der Waals surface area contributed by atoms with Gasteiger partial charge in [0.25, 0.3) is 5.69 Å². The number of aliphatic hydroxyl groups excluding tert-OH is 1. The Labute approximate surface area is 115 Å². The molecule has 0 saturated carbocycles. The lowest BCUT2D eigenvalue weighted by Gasteiger charge is -2.14. The van der Waals surface area contributed by atoms with Crippen molar-refractivity contribution < 1.29 is 10.0 Å². The van der Waals surface area contributed by atoms with E-state index in [1.165, 1.54) is 11.8 Å². The number of hydrogen-bond acceptors (Lipinski definition) is 4. The van der Waals surface area contributed by atoms with Crippen molar-refractivity contribution in [3.63, 3.8) is 0 Å². The van der Waals surface area contributed by atoms with Gasteiger partial charge in [0.15, 0.2) is 0 Å². The lowest BCUT2D eigenvalue weighted by molar-refractivity contribution is -0.385. The molecule has 104 valence electrons. The third-order valence-corrected chi connectivity index (χ3v) is 3.74. The van der Waals surface area contributed by atoms with Crippen LogP contribution in [0.3, 0.4) is 0 Å². The summed E-state index contributed by atoms with van der Waals surface area (Å²) in [5.74, 6) is 0. The Morgan fingerprint density at radius 2 is 2.15 bits per heavy atom. The van der Waals surface area contributed by atoms with Crippen LogP contribution in [-0.2, 0) is 19.4 Å². The minimum absolute atomic E-state index is 0.0507. The molecule has 0 unspecified atom stereocenters. The van der Waals surface area contributed by atoms with E-state index < -0.39 is 4.92 Å². The second kappa shape index (κ2) is 5.05. The van der Waals surface area contributed by atoms with E-state index in [4.69, 9.17) is 0 Å².